The molecule has 0 radical (unpaired) electrons. The maximum absolute atomic E-state index is 5.65. The number of rotatable bonds is 8. The van der Waals surface area contributed by atoms with E-state index in [4.69, 9.17) is 14.2 Å². The van der Waals surface area contributed by atoms with Crippen molar-refractivity contribution in [2.24, 2.45) is 0 Å². The van der Waals surface area contributed by atoms with Crippen molar-refractivity contribution in [3.63, 3.8) is 0 Å². The molecule has 0 aliphatic carbocycles. The van der Waals surface area contributed by atoms with Crippen LogP contribution in [-0.2, 0) is 9.47 Å². The summed E-state index contributed by atoms with van der Waals surface area (Å²) in [7, 11) is 3.29. The van der Waals surface area contributed by atoms with Crippen LogP contribution in [0.5, 0.6) is 5.75 Å². The molecule has 4 nitrogen and oxygen atoms in total. The first kappa shape index (κ1) is 16.0. The second kappa shape index (κ2) is 8.15. The lowest BCUT2D eigenvalue weighted by atomic mass is 10.1. The Morgan fingerprint density at radius 3 is 2.32 bits per heavy atom. The van der Waals surface area contributed by atoms with Gasteiger partial charge in [-0.15, -0.1) is 0 Å². The zero-order valence-electron chi connectivity index (χ0n) is 12.5. The minimum absolute atomic E-state index is 0.0830. The van der Waals surface area contributed by atoms with E-state index in [0.717, 1.165) is 11.3 Å². The van der Waals surface area contributed by atoms with Crippen LogP contribution >= 0.6 is 0 Å². The first-order valence-electron chi connectivity index (χ1n) is 6.67. The number of para-hydroxylation sites is 1. The Morgan fingerprint density at radius 1 is 1.11 bits per heavy atom. The molecule has 108 valence electrons. The highest BCUT2D eigenvalue weighted by atomic mass is 16.7. The molecule has 0 heterocycles. The number of methoxy groups -OCH3 is 2. The highest BCUT2D eigenvalue weighted by Crippen LogP contribution is 2.25. The van der Waals surface area contributed by atoms with Gasteiger partial charge in [0.05, 0.1) is 12.6 Å². The van der Waals surface area contributed by atoms with Crippen LogP contribution in [0.3, 0.4) is 0 Å². The molecule has 0 bridgehead atoms. The van der Waals surface area contributed by atoms with Gasteiger partial charge in [0.2, 0.25) is 0 Å². The minimum Gasteiger partial charge on any atom is -0.494 e. The van der Waals surface area contributed by atoms with Gasteiger partial charge in [-0.1, -0.05) is 18.2 Å². The second-order valence-corrected chi connectivity index (χ2v) is 4.49. The van der Waals surface area contributed by atoms with E-state index in [1.807, 2.05) is 32.0 Å². The van der Waals surface area contributed by atoms with Crippen LogP contribution in [0.1, 0.15) is 32.4 Å². The molecule has 19 heavy (non-hydrogen) atoms. The van der Waals surface area contributed by atoms with E-state index in [9.17, 15) is 0 Å². The SMILES string of the molecule is CCOc1ccccc1C(C)NC(C)C(OC)OC. The molecule has 0 amide bonds. The molecular formula is C15H25NO3. The van der Waals surface area contributed by atoms with E-state index in [2.05, 4.69) is 18.3 Å². The summed E-state index contributed by atoms with van der Waals surface area (Å²) in [6.07, 6.45) is -0.262. The fourth-order valence-electron chi connectivity index (χ4n) is 2.19. The quantitative estimate of drug-likeness (QED) is 0.735. The van der Waals surface area contributed by atoms with E-state index in [1.165, 1.54) is 0 Å². The van der Waals surface area contributed by atoms with Gasteiger partial charge < -0.3 is 19.5 Å². The molecule has 1 N–H and O–H groups in total. The Bertz CT molecular complexity index is 366. The topological polar surface area (TPSA) is 39.7 Å². The van der Waals surface area contributed by atoms with Gasteiger partial charge in [-0.05, 0) is 26.8 Å². The highest BCUT2D eigenvalue weighted by molar-refractivity contribution is 5.35. The summed E-state index contributed by atoms with van der Waals surface area (Å²) >= 11 is 0. The van der Waals surface area contributed by atoms with Crippen molar-refractivity contribution in [1.82, 2.24) is 5.32 Å². The standard InChI is InChI=1S/C15H25NO3/c1-6-19-14-10-8-7-9-13(14)11(2)16-12(3)15(17-4)18-5/h7-12,15-16H,6H2,1-5H3. The van der Waals surface area contributed by atoms with Crippen molar-refractivity contribution in [3.05, 3.63) is 29.8 Å². The van der Waals surface area contributed by atoms with Crippen molar-refractivity contribution in [2.45, 2.75) is 39.1 Å². The van der Waals surface area contributed by atoms with Gasteiger partial charge in [0.15, 0.2) is 6.29 Å². The first-order chi connectivity index (χ1) is 9.13. The number of ether oxygens (including phenoxy) is 3. The Hall–Kier alpha value is -1.10. The summed E-state index contributed by atoms with van der Waals surface area (Å²) in [5, 5.41) is 3.47. The zero-order chi connectivity index (χ0) is 14.3. The molecule has 0 saturated carbocycles. The van der Waals surface area contributed by atoms with Crippen LogP contribution in [0.4, 0.5) is 0 Å². The summed E-state index contributed by atoms with van der Waals surface area (Å²) in [6, 6.07) is 8.31. The van der Waals surface area contributed by atoms with Gasteiger partial charge in [0.1, 0.15) is 5.75 Å². The molecule has 1 aromatic rings. The van der Waals surface area contributed by atoms with E-state index >= 15 is 0 Å². The third-order valence-corrected chi connectivity index (χ3v) is 3.07. The third-order valence-electron chi connectivity index (χ3n) is 3.07. The number of nitrogens with one attached hydrogen (secondary N) is 1. The molecule has 0 aliphatic rings. The molecule has 0 saturated heterocycles. The van der Waals surface area contributed by atoms with Gasteiger partial charge in [0.25, 0.3) is 0 Å². The molecule has 0 aromatic heterocycles. The third kappa shape index (κ3) is 4.49. The molecule has 2 unspecified atom stereocenters. The average molecular weight is 267 g/mol. The maximum atomic E-state index is 5.65. The van der Waals surface area contributed by atoms with Crippen LogP contribution in [0.15, 0.2) is 24.3 Å². The van der Waals surface area contributed by atoms with Crippen LogP contribution in [0.2, 0.25) is 0 Å². The predicted octanol–water partition coefficient (Wildman–Crippen LogP) is 2.74. The Morgan fingerprint density at radius 2 is 1.74 bits per heavy atom. The lowest BCUT2D eigenvalue weighted by Crippen LogP contribution is -2.40. The van der Waals surface area contributed by atoms with Crippen LogP contribution in [0, 0.1) is 0 Å². The molecule has 1 rings (SSSR count). The molecule has 2 atom stereocenters. The van der Waals surface area contributed by atoms with Crippen LogP contribution in [0.25, 0.3) is 0 Å². The Kier molecular flexibility index (Phi) is 6.84. The van der Waals surface area contributed by atoms with E-state index < -0.39 is 0 Å². The molecule has 0 aliphatic heterocycles. The van der Waals surface area contributed by atoms with E-state index in [0.29, 0.717) is 6.61 Å². The molecule has 0 fully saturated rings. The monoisotopic (exact) mass is 267 g/mol. The Labute approximate surface area is 116 Å². The van der Waals surface area contributed by atoms with Gasteiger partial charge in [-0.3, -0.25) is 0 Å². The fraction of sp³-hybridized carbons (Fsp3) is 0.600. The van der Waals surface area contributed by atoms with E-state index in [-0.39, 0.29) is 18.4 Å². The van der Waals surface area contributed by atoms with E-state index in [1.54, 1.807) is 14.2 Å². The van der Waals surface area contributed by atoms with Crippen molar-refractivity contribution in [1.29, 1.82) is 0 Å². The second-order valence-electron chi connectivity index (χ2n) is 4.49. The zero-order valence-corrected chi connectivity index (χ0v) is 12.5. The predicted molar refractivity (Wildman–Crippen MR) is 76.4 cm³/mol. The smallest absolute Gasteiger partial charge is 0.171 e. The highest BCUT2D eigenvalue weighted by Gasteiger charge is 2.19. The van der Waals surface area contributed by atoms with Gasteiger partial charge in [0, 0.05) is 25.8 Å². The lowest BCUT2D eigenvalue weighted by molar-refractivity contribution is -0.120. The largest absolute Gasteiger partial charge is 0.494 e. The summed E-state index contributed by atoms with van der Waals surface area (Å²) in [4.78, 5) is 0. The molecule has 1 aromatic carbocycles. The van der Waals surface area contributed by atoms with Gasteiger partial charge in [-0.25, -0.2) is 0 Å². The van der Waals surface area contributed by atoms with Gasteiger partial charge >= 0.3 is 0 Å². The average Bonchev–Trinajstić information content (AvgIpc) is 2.41. The molecule has 4 heteroatoms. The van der Waals surface area contributed by atoms with Crippen LogP contribution in [-0.4, -0.2) is 33.2 Å². The fourth-order valence-corrected chi connectivity index (χ4v) is 2.19. The Balaban J connectivity index is 2.74. The number of hydrogen-bond donors (Lipinski definition) is 1. The first-order valence-corrected chi connectivity index (χ1v) is 6.67. The van der Waals surface area contributed by atoms with Crippen molar-refractivity contribution >= 4 is 0 Å². The molecular weight excluding hydrogens is 242 g/mol. The summed E-state index contributed by atoms with van der Waals surface area (Å²) < 4.78 is 16.2. The minimum atomic E-state index is -0.262. The van der Waals surface area contributed by atoms with Gasteiger partial charge in [-0.2, -0.15) is 0 Å². The lowest BCUT2D eigenvalue weighted by Gasteiger charge is -2.26. The molecule has 0 spiro atoms. The van der Waals surface area contributed by atoms with Crippen molar-refractivity contribution in [2.75, 3.05) is 20.8 Å². The summed E-state index contributed by atoms with van der Waals surface area (Å²) in [5.41, 5.74) is 1.14. The maximum Gasteiger partial charge on any atom is 0.171 e. The number of hydrogen-bond acceptors (Lipinski definition) is 4. The van der Waals surface area contributed by atoms with Crippen LogP contribution < -0.4 is 10.1 Å². The normalized spacial score (nSPS) is 14.4. The van der Waals surface area contributed by atoms with Crippen molar-refractivity contribution in [3.8, 4) is 5.75 Å². The number of benzene rings is 1. The van der Waals surface area contributed by atoms with Crippen molar-refractivity contribution < 1.29 is 14.2 Å². The summed E-state index contributed by atoms with van der Waals surface area (Å²) in [6.45, 7) is 6.80. The summed E-state index contributed by atoms with van der Waals surface area (Å²) in [5.74, 6) is 0.920.